The highest BCUT2D eigenvalue weighted by molar-refractivity contribution is 5.30. The Morgan fingerprint density at radius 2 is 1.85 bits per heavy atom. The van der Waals surface area contributed by atoms with E-state index in [9.17, 15) is 0 Å². The van der Waals surface area contributed by atoms with E-state index in [1.807, 2.05) is 43.5 Å². The van der Waals surface area contributed by atoms with Gasteiger partial charge in [0, 0.05) is 12.4 Å². The lowest BCUT2D eigenvalue weighted by Gasteiger charge is -2.01. The van der Waals surface area contributed by atoms with Crippen LogP contribution in [0, 0.1) is 6.92 Å². The molecule has 0 amide bonds. The Kier molecular flexibility index (Phi) is 3.36. The van der Waals surface area contributed by atoms with Crippen LogP contribution >= 0.6 is 0 Å². The zero-order valence-electron chi connectivity index (χ0n) is 11.1. The molecule has 0 aliphatic heterocycles. The first-order valence-electron chi connectivity index (χ1n) is 6.30. The summed E-state index contributed by atoms with van der Waals surface area (Å²) in [7, 11) is 0. The molecule has 100 valence electrons. The molecule has 0 bridgehead atoms. The summed E-state index contributed by atoms with van der Waals surface area (Å²) >= 11 is 0. The standard InChI is InChI=1S/C14H14N6/c1-11-7-15-14(16-8-11)17-9-12-10-20(19-18-12)13-5-3-2-4-6-13/h2-8,10H,9H2,1H3,(H,15,16,17). The molecule has 0 fully saturated rings. The molecule has 0 saturated heterocycles. The second-order valence-corrected chi connectivity index (χ2v) is 4.43. The van der Waals surface area contributed by atoms with Gasteiger partial charge in [-0.15, -0.1) is 5.10 Å². The van der Waals surface area contributed by atoms with Gasteiger partial charge < -0.3 is 5.32 Å². The average Bonchev–Trinajstić information content (AvgIpc) is 2.97. The molecule has 1 N–H and O–H groups in total. The van der Waals surface area contributed by atoms with E-state index in [0.717, 1.165) is 16.9 Å². The van der Waals surface area contributed by atoms with Crippen LogP contribution in [0.1, 0.15) is 11.3 Å². The zero-order chi connectivity index (χ0) is 13.8. The van der Waals surface area contributed by atoms with E-state index in [0.29, 0.717) is 12.5 Å². The predicted octanol–water partition coefficient (Wildman–Crippen LogP) is 1.98. The fourth-order valence-electron chi connectivity index (χ4n) is 1.74. The lowest BCUT2D eigenvalue weighted by molar-refractivity contribution is 0.798. The summed E-state index contributed by atoms with van der Waals surface area (Å²) in [4.78, 5) is 8.36. The van der Waals surface area contributed by atoms with Crippen molar-refractivity contribution >= 4 is 5.95 Å². The normalized spacial score (nSPS) is 10.4. The summed E-state index contributed by atoms with van der Waals surface area (Å²) in [6.07, 6.45) is 5.43. The van der Waals surface area contributed by atoms with Crippen molar-refractivity contribution in [1.29, 1.82) is 0 Å². The summed E-state index contributed by atoms with van der Waals surface area (Å²) in [6, 6.07) is 9.87. The maximum absolute atomic E-state index is 4.18. The lowest BCUT2D eigenvalue weighted by Crippen LogP contribution is -2.03. The summed E-state index contributed by atoms with van der Waals surface area (Å²) in [6.45, 7) is 2.49. The number of benzene rings is 1. The van der Waals surface area contributed by atoms with Crippen molar-refractivity contribution < 1.29 is 0 Å². The van der Waals surface area contributed by atoms with E-state index in [4.69, 9.17) is 0 Å². The average molecular weight is 266 g/mol. The number of anilines is 1. The first-order valence-corrected chi connectivity index (χ1v) is 6.30. The number of para-hydroxylation sites is 1. The Morgan fingerprint density at radius 1 is 1.10 bits per heavy atom. The fourth-order valence-corrected chi connectivity index (χ4v) is 1.74. The number of rotatable bonds is 4. The van der Waals surface area contributed by atoms with Crippen molar-refractivity contribution in [2.24, 2.45) is 0 Å². The fraction of sp³-hybridized carbons (Fsp3) is 0.143. The number of aromatic nitrogens is 5. The van der Waals surface area contributed by atoms with E-state index < -0.39 is 0 Å². The van der Waals surface area contributed by atoms with Crippen LogP contribution in [-0.4, -0.2) is 25.0 Å². The number of nitrogens with one attached hydrogen (secondary N) is 1. The highest BCUT2D eigenvalue weighted by Gasteiger charge is 2.03. The molecule has 2 aromatic heterocycles. The minimum Gasteiger partial charge on any atom is -0.348 e. The van der Waals surface area contributed by atoms with Gasteiger partial charge in [0.1, 0.15) is 5.69 Å². The van der Waals surface area contributed by atoms with E-state index in [2.05, 4.69) is 25.6 Å². The van der Waals surface area contributed by atoms with Gasteiger partial charge >= 0.3 is 0 Å². The molecular weight excluding hydrogens is 252 g/mol. The summed E-state index contributed by atoms with van der Waals surface area (Å²) in [5, 5.41) is 11.3. The van der Waals surface area contributed by atoms with Gasteiger partial charge in [0.25, 0.3) is 0 Å². The Labute approximate surface area is 116 Å². The van der Waals surface area contributed by atoms with Crippen LogP contribution in [-0.2, 0) is 6.54 Å². The Morgan fingerprint density at radius 3 is 2.60 bits per heavy atom. The van der Waals surface area contributed by atoms with Gasteiger partial charge in [-0.05, 0) is 24.6 Å². The minimum atomic E-state index is 0.538. The van der Waals surface area contributed by atoms with Crippen molar-refractivity contribution in [3.05, 3.63) is 60.2 Å². The van der Waals surface area contributed by atoms with Crippen molar-refractivity contribution in [2.45, 2.75) is 13.5 Å². The number of hydrogen-bond donors (Lipinski definition) is 1. The predicted molar refractivity (Wildman–Crippen MR) is 75.5 cm³/mol. The van der Waals surface area contributed by atoms with E-state index >= 15 is 0 Å². The summed E-state index contributed by atoms with van der Waals surface area (Å²) in [5.74, 6) is 0.588. The van der Waals surface area contributed by atoms with Gasteiger partial charge in [-0.2, -0.15) is 0 Å². The molecule has 20 heavy (non-hydrogen) atoms. The van der Waals surface area contributed by atoms with Gasteiger partial charge in [0.05, 0.1) is 18.4 Å². The molecule has 0 radical (unpaired) electrons. The SMILES string of the molecule is Cc1cnc(NCc2cn(-c3ccccc3)nn2)nc1. The van der Waals surface area contributed by atoms with Crippen LogP contribution in [0.15, 0.2) is 48.9 Å². The van der Waals surface area contributed by atoms with Crippen LogP contribution in [0.5, 0.6) is 0 Å². The molecule has 3 rings (SSSR count). The third-order valence-electron chi connectivity index (χ3n) is 2.77. The maximum atomic E-state index is 4.18. The van der Waals surface area contributed by atoms with Gasteiger partial charge in [0.15, 0.2) is 0 Å². The smallest absolute Gasteiger partial charge is 0.222 e. The third kappa shape index (κ3) is 2.80. The van der Waals surface area contributed by atoms with Gasteiger partial charge in [-0.1, -0.05) is 23.4 Å². The number of hydrogen-bond acceptors (Lipinski definition) is 5. The molecule has 0 aliphatic carbocycles. The molecule has 1 aromatic carbocycles. The van der Waals surface area contributed by atoms with Crippen molar-refractivity contribution in [3.8, 4) is 5.69 Å². The third-order valence-corrected chi connectivity index (χ3v) is 2.77. The van der Waals surface area contributed by atoms with E-state index in [-0.39, 0.29) is 0 Å². The molecule has 3 aromatic rings. The van der Waals surface area contributed by atoms with Crippen LogP contribution in [0.2, 0.25) is 0 Å². The molecule has 2 heterocycles. The highest BCUT2D eigenvalue weighted by Crippen LogP contribution is 2.07. The minimum absolute atomic E-state index is 0.538. The first-order chi connectivity index (χ1) is 9.81. The van der Waals surface area contributed by atoms with Crippen molar-refractivity contribution in [3.63, 3.8) is 0 Å². The monoisotopic (exact) mass is 266 g/mol. The molecule has 0 unspecified atom stereocenters. The second kappa shape index (κ2) is 5.48. The molecular formula is C14H14N6. The van der Waals surface area contributed by atoms with Gasteiger partial charge in [0.2, 0.25) is 5.95 Å². The Hall–Kier alpha value is -2.76. The van der Waals surface area contributed by atoms with Gasteiger partial charge in [-0.3, -0.25) is 0 Å². The van der Waals surface area contributed by atoms with Crippen LogP contribution in [0.4, 0.5) is 5.95 Å². The maximum Gasteiger partial charge on any atom is 0.222 e. The number of nitrogens with zero attached hydrogens (tertiary/aromatic N) is 5. The van der Waals surface area contributed by atoms with Gasteiger partial charge in [-0.25, -0.2) is 14.6 Å². The second-order valence-electron chi connectivity index (χ2n) is 4.43. The van der Waals surface area contributed by atoms with E-state index in [1.165, 1.54) is 0 Å². The largest absolute Gasteiger partial charge is 0.348 e. The Balaban J connectivity index is 1.67. The van der Waals surface area contributed by atoms with E-state index in [1.54, 1.807) is 17.1 Å². The van der Waals surface area contributed by atoms with Crippen molar-refractivity contribution in [1.82, 2.24) is 25.0 Å². The molecule has 6 nitrogen and oxygen atoms in total. The Bertz CT molecular complexity index is 674. The topological polar surface area (TPSA) is 68.5 Å². The zero-order valence-corrected chi connectivity index (χ0v) is 11.1. The molecule has 6 heteroatoms. The summed E-state index contributed by atoms with van der Waals surface area (Å²) in [5.41, 5.74) is 2.85. The lowest BCUT2D eigenvalue weighted by atomic mass is 10.3. The quantitative estimate of drug-likeness (QED) is 0.782. The van der Waals surface area contributed by atoms with Crippen LogP contribution in [0.25, 0.3) is 5.69 Å². The molecule has 0 aliphatic rings. The van der Waals surface area contributed by atoms with Crippen molar-refractivity contribution in [2.75, 3.05) is 5.32 Å². The van der Waals surface area contributed by atoms with Crippen LogP contribution in [0.3, 0.4) is 0 Å². The van der Waals surface area contributed by atoms with Crippen LogP contribution < -0.4 is 5.32 Å². The highest BCUT2D eigenvalue weighted by atomic mass is 15.4. The summed E-state index contributed by atoms with van der Waals surface area (Å²) < 4.78 is 1.74. The molecule has 0 spiro atoms. The molecule has 0 saturated carbocycles. The number of aryl methyl sites for hydroxylation is 1. The molecule has 0 atom stereocenters. The first kappa shape index (κ1) is 12.3.